The Balaban J connectivity index is 2.38. The molecule has 0 amide bonds. The van der Waals surface area contributed by atoms with Crippen LogP contribution in [0.1, 0.15) is 5.56 Å². The van der Waals surface area contributed by atoms with Crippen molar-refractivity contribution >= 4 is 33.0 Å². The highest BCUT2D eigenvalue weighted by molar-refractivity contribution is 9.10. The second kappa shape index (κ2) is 5.13. The lowest BCUT2D eigenvalue weighted by Crippen LogP contribution is -2.08. The van der Waals surface area contributed by atoms with Crippen molar-refractivity contribution in [3.8, 4) is 0 Å². The van der Waals surface area contributed by atoms with Gasteiger partial charge in [0.2, 0.25) is 0 Å². The van der Waals surface area contributed by atoms with E-state index in [9.17, 15) is 13.2 Å². The average Bonchev–Trinajstić information content (AvgIpc) is 2.30. The molecule has 3 N–H and O–H groups in total. The molecule has 0 aliphatic carbocycles. The number of nitrogens with one attached hydrogen (secondary N) is 1. The number of rotatable bonds is 2. The lowest BCUT2D eigenvalue weighted by Gasteiger charge is -2.15. The van der Waals surface area contributed by atoms with Crippen LogP contribution in [-0.2, 0) is 6.18 Å². The monoisotopic (exact) mass is 330 g/mol. The predicted molar refractivity (Wildman–Crippen MR) is 73.3 cm³/mol. The van der Waals surface area contributed by atoms with E-state index in [2.05, 4.69) is 21.2 Å². The fourth-order valence-corrected chi connectivity index (χ4v) is 1.95. The molecule has 0 fully saturated rings. The van der Waals surface area contributed by atoms with Gasteiger partial charge in [0.25, 0.3) is 0 Å². The van der Waals surface area contributed by atoms with Crippen molar-refractivity contribution in [2.75, 3.05) is 11.1 Å². The lowest BCUT2D eigenvalue weighted by molar-refractivity contribution is -0.136. The molecule has 19 heavy (non-hydrogen) atoms. The van der Waals surface area contributed by atoms with E-state index in [1.54, 1.807) is 24.3 Å². The van der Waals surface area contributed by atoms with Gasteiger partial charge in [-0.3, -0.25) is 0 Å². The van der Waals surface area contributed by atoms with Crippen molar-refractivity contribution in [3.63, 3.8) is 0 Å². The molecular formula is C13H10BrF3N2. The maximum absolute atomic E-state index is 12.9. The van der Waals surface area contributed by atoms with E-state index >= 15 is 0 Å². The van der Waals surface area contributed by atoms with Crippen LogP contribution in [0, 0.1) is 0 Å². The molecule has 0 aromatic heterocycles. The highest BCUT2D eigenvalue weighted by Crippen LogP contribution is 2.37. The zero-order chi connectivity index (χ0) is 14.0. The van der Waals surface area contributed by atoms with Gasteiger partial charge >= 0.3 is 6.18 Å². The topological polar surface area (TPSA) is 38.0 Å². The summed E-state index contributed by atoms with van der Waals surface area (Å²) < 4.78 is 39.2. The Morgan fingerprint density at radius 1 is 1.00 bits per heavy atom. The van der Waals surface area contributed by atoms with E-state index in [1.807, 2.05) is 0 Å². The summed E-state index contributed by atoms with van der Waals surface area (Å²) in [4.78, 5) is 0. The van der Waals surface area contributed by atoms with Crippen LogP contribution >= 0.6 is 15.9 Å². The highest BCUT2D eigenvalue weighted by atomic mass is 79.9. The van der Waals surface area contributed by atoms with Crippen LogP contribution in [0.2, 0.25) is 0 Å². The van der Waals surface area contributed by atoms with E-state index in [0.717, 1.165) is 6.07 Å². The van der Waals surface area contributed by atoms with Crippen molar-refractivity contribution in [2.45, 2.75) is 6.18 Å². The van der Waals surface area contributed by atoms with Gasteiger partial charge < -0.3 is 11.1 Å². The molecule has 0 spiro atoms. The number of hydrogen-bond acceptors (Lipinski definition) is 2. The van der Waals surface area contributed by atoms with Crippen molar-refractivity contribution in [1.82, 2.24) is 0 Å². The maximum atomic E-state index is 12.9. The number of halogens is 4. The zero-order valence-electron chi connectivity index (χ0n) is 9.63. The molecule has 100 valence electrons. The second-order valence-corrected chi connectivity index (χ2v) is 4.85. The van der Waals surface area contributed by atoms with E-state index in [0.29, 0.717) is 15.8 Å². The quantitative estimate of drug-likeness (QED) is 0.776. The van der Waals surface area contributed by atoms with Crippen molar-refractivity contribution < 1.29 is 13.2 Å². The fourth-order valence-electron chi connectivity index (χ4n) is 1.59. The molecule has 0 aliphatic rings. The normalized spacial score (nSPS) is 11.4. The summed E-state index contributed by atoms with van der Waals surface area (Å²) in [6.07, 6.45) is -4.41. The van der Waals surface area contributed by atoms with E-state index in [-0.39, 0.29) is 5.69 Å². The lowest BCUT2D eigenvalue weighted by atomic mass is 10.1. The number of nitrogen functional groups attached to an aromatic ring is 1. The van der Waals surface area contributed by atoms with Crippen LogP contribution in [0.4, 0.5) is 30.2 Å². The van der Waals surface area contributed by atoms with E-state index in [4.69, 9.17) is 5.73 Å². The van der Waals surface area contributed by atoms with Gasteiger partial charge in [0, 0.05) is 15.8 Å². The Labute approximate surface area is 116 Å². The van der Waals surface area contributed by atoms with Gasteiger partial charge in [0.05, 0.1) is 11.3 Å². The molecule has 2 rings (SSSR count). The summed E-state index contributed by atoms with van der Waals surface area (Å²) in [6, 6.07) is 10.3. The number of anilines is 3. The number of benzene rings is 2. The van der Waals surface area contributed by atoms with Crippen LogP contribution in [-0.4, -0.2) is 0 Å². The minimum atomic E-state index is -4.41. The van der Waals surface area contributed by atoms with Crippen LogP contribution in [0.5, 0.6) is 0 Å². The molecule has 2 aromatic carbocycles. The molecule has 0 saturated heterocycles. The first-order valence-corrected chi connectivity index (χ1v) is 6.15. The first-order valence-electron chi connectivity index (χ1n) is 5.35. The Kier molecular flexibility index (Phi) is 3.71. The smallest absolute Gasteiger partial charge is 0.399 e. The third kappa shape index (κ3) is 3.41. The molecule has 6 heteroatoms. The van der Waals surface area contributed by atoms with Gasteiger partial charge in [-0.25, -0.2) is 0 Å². The molecule has 0 atom stereocenters. The van der Waals surface area contributed by atoms with Gasteiger partial charge in [-0.15, -0.1) is 0 Å². The summed E-state index contributed by atoms with van der Waals surface area (Å²) in [5, 5.41) is 2.74. The molecule has 0 radical (unpaired) electrons. The van der Waals surface area contributed by atoms with Crippen molar-refractivity contribution in [2.24, 2.45) is 0 Å². The minimum absolute atomic E-state index is 0.00773. The van der Waals surface area contributed by atoms with Gasteiger partial charge in [-0.05, 0) is 42.5 Å². The standard InChI is InChI=1S/C13H10BrF3N2/c14-8-1-6-11(13(15,16)17)12(7-8)19-10-4-2-9(18)3-5-10/h1-7,19H,18H2. The Morgan fingerprint density at radius 2 is 1.63 bits per heavy atom. The first kappa shape index (κ1) is 13.7. The number of alkyl halides is 3. The molecule has 0 unspecified atom stereocenters. The number of hydrogen-bond donors (Lipinski definition) is 2. The van der Waals surface area contributed by atoms with Crippen molar-refractivity contribution in [1.29, 1.82) is 0 Å². The van der Waals surface area contributed by atoms with E-state index in [1.165, 1.54) is 12.1 Å². The van der Waals surface area contributed by atoms with Crippen LogP contribution in [0.25, 0.3) is 0 Å². The summed E-state index contributed by atoms with van der Waals surface area (Å²) in [5.41, 5.74) is 5.90. The third-order valence-corrected chi connectivity index (χ3v) is 2.97. The molecule has 2 aromatic rings. The van der Waals surface area contributed by atoms with Gasteiger partial charge in [0.1, 0.15) is 0 Å². The molecule has 0 saturated carbocycles. The summed E-state index contributed by atoms with van der Waals surface area (Å²) in [5.74, 6) is 0. The molecule has 0 heterocycles. The maximum Gasteiger partial charge on any atom is 0.418 e. The zero-order valence-corrected chi connectivity index (χ0v) is 11.2. The van der Waals surface area contributed by atoms with Crippen molar-refractivity contribution in [3.05, 3.63) is 52.5 Å². The van der Waals surface area contributed by atoms with Crippen LogP contribution in [0.3, 0.4) is 0 Å². The summed E-state index contributed by atoms with van der Waals surface area (Å²) >= 11 is 3.16. The second-order valence-electron chi connectivity index (χ2n) is 3.93. The molecular weight excluding hydrogens is 321 g/mol. The first-order chi connectivity index (χ1) is 8.86. The van der Waals surface area contributed by atoms with Gasteiger partial charge in [0.15, 0.2) is 0 Å². The number of nitrogens with two attached hydrogens (primary N) is 1. The third-order valence-electron chi connectivity index (χ3n) is 2.48. The van der Waals surface area contributed by atoms with Gasteiger partial charge in [-0.1, -0.05) is 15.9 Å². The fraction of sp³-hybridized carbons (Fsp3) is 0.0769. The molecule has 0 bridgehead atoms. The summed E-state index contributed by atoms with van der Waals surface area (Å²) in [7, 11) is 0. The Bertz CT molecular complexity index is 579. The SMILES string of the molecule is Nc1ccc(Nc2cc(Br)ccc2C(F)(F)F)cc1. The van der Waals surface area contributed by atoms with Crippen LogP contribution < -0.4 is 11.1 Å². The Hall–Kier alpha value is -1.69. The molecule has 0 aliphatic heterocycles. The average molecular weight is 331 g/mol. The summed E-state index contributed by atoms with van der Waals surface area (Å²) in [6.45, 7) is 0. The Morgan fingerprint density at radius 3 is 2.21 bits per heavy atom. The highest BCUT2D eigenvalue weighted by Gasteiger charge is 2.33. The minimum Gasteiger partial charge on any atom is -0.399 e. The predicted octanol–water partition coefficient (Wildman–Crippen LogP) is 4.79. The largest absolute Gasteiger partial charge is 0.418 e. The van der Waals surface area contributed by atoms with E-state index < -0.39 is 11.7 Å². The van der Waals surface area contributed by atoms with Crippen LogP contribution in [0.15, 0.2) is 46.9 Å². The molecule has 2 nitrogen and oxygen atoms in total. The van der Waals surface area contributed by atoms with Gasteiger partial charge in [-0.2, -0.15) is 13.2 Å².